The maximum atomic E-state index is 4.51. The van der Waals surface area contributed by atoms with E-state index in [0.29, 0.717) is 0 Å². The smallest absolute Gasteiger partial charge is 0.132 e. The van der Waals surface area contributed by atoms with Gasteiger partial charge >= 0.3 is 0 Å². The van der Waals surface area contributed by atoms with E-state index in [1.807, 2.05) is 13.8 Å². The molecule has 4 heteroatoms. The highest BCUT2D eigenvalue weighted by molar-refractivity contribution is 5.41. The monoisotopic (exact) mass is 220 g/mol. The summed E-state index contributed by atoms with van der Waals surface area (Å²) in [6.45, 7) is 11.4. The van der Waals surface area contributed by atoms with E-state index in [4.69, 9.17) is 0 Å². The Morgan fingerprint density at radius 2 is 2.06 bits per heavy atom. The standard InChI is InChI=1S/C12H20N4/c1-9-7-11(15-10(2)14-9)16-6-5-13-12(3,4)8-16/h7,13H,5-6,8H2,1-4H3. The summed E-state index contributed by atoms with van der Waals surface area (Å²) in [5.41, 5.74) is 1.20. The molecule has 0 amide bonds. The van der Waals surface area contributed by atoms with Crippen molar-refractivity contribution < 1.29 is 0 Å². The summed E-state index contributed by atoms with van der Waals surface area (Å²) in [5.74, 6) is 1.91. The SMILES string of the molecule is Cc1cc(N2CCNC(C)(C)C2)nc(C)n1. The highest BCUT2D eigenvalue weighted by Crippen LogP contribution is 2.18. The molecule has 0 unspecified atom stereocenters. The minimum atomic E-state index is 0.158. The van der Waals surface area contributed by atoms with Crippen molar-refractivity contribution in [2.45, 2.75) is 33.2 Å². The molecule has 1 aliphatic rings. The molecule has 88 valence electrons. The predicted octanol–water partition coefficient (Wildman–Crippen LogP) is 1.28. The Bertz CT molecular complexity index is 366. The van der Waals surface area contributed by atoms with Crippen molar-refractivity contribution in [3.63, 3.8) is 0 Å². The molecule has 0 atom stereocenters. The first kappa shape index (κ1) is 11.3. The number of nitrogens with one attached hydrogen (secondary N) is 1. The molecule has 0 aliphatic carbocycles. The van der Waals surface area contributed by atoms with E-state index in [0.717, 1.165) is 37.0 Å². The van der Waals surface area contributed by atoms with E-state index < -0.39 is 0 Å². The van der Waals surface area contributed by atoms with Crippen LogP contribution in [0.4, 0.5) is 5.82 Å². The molecule has 2 heterocycles. The van der Waals surface area contributed by atoms with Crippen molar-refractivity contribution in [3.8, 4) is 0 Å². The molecule has 2 rings (SSSR count). The molecule has 1 fully saturated rings. The van der Waals surface area contributed by atoms with Gasteiger partial charge in [-0.2, -0.15) is 0 Å². The number of nitrogens with zero attached hydrogens (tertiary/aromatic N) is 3. The molecular weight excluding hydrogens is 200 g/mol. The predicted molar refractivity (Wildman–Crippen MR) is 65.8 cm³/mol. The fraction of sp³-hybridized carbons (Fsp3) is 0.667. The summed E-state index contributed by atoms with van der Waals surface area (Å²) in [6.07, 6.45) is 0. The largest absolute Gasteiger partial charge is 0.353 e. The number of rotatable bonds is 1. The number of anilines is 1. The zero-order chi connectivity index (χ0) is 11.8. The van der Waals surface area contributed by atoms with Crippen LogP contribution in [0, 0.1) is 13.8 Å². The average molecular weight is 220 g/mol. The van der Waals surface area contributed by atoms with Crippen LogP contribution in [0.5, 0.6) is 0 Å². The van der Waals surface area contributed by atoms with Crippen LogP contribution < -0.4 is 10.2 Å². The van der Waals surface area contributed by atoms with E-state index in [2.05, 4.69) is 40.1 Å². The zero-order valence-corrected chi connectivity index (χ0v) is 10.5. The summed E-state index contributed by atoms with van der Waals surface area (Å²) >= 11 is 0. The fourth-order valence-corrected chi connectivity index (χ4v) is 2.20. The Kier molecular flexibility index (Phi) is 2.84. The van der Waals surface area contributed by atoms with Crippen LogP contribution in [0.15, 0.2) is 6.07 Å². The molecule has 0 spiro atoms. The van der Waals surface area contributed by atoms with Gasteiger partial charge in [0.15, 0.2) is 0 Å². The fourth-order valence-electron chi connectivity index (χ4n) is 2.20. The lowest BCUT2D eigenvalue weighted by Gasteiger charge is -2.39. The van der Waals surface area contributed by atoms with Gasteiger partial charge in [-0.05, 0) is 27.7 Å². The summed E-state index contributed by atoms with van der Waals surface area (Å²) in [5, 5.41) is 3.50. The quantitative estimate of drug-likeness (QED) is 0.774. The van der Waals surface area contributed by atoms with Crippen molar-refractivity contribution in [2.24, 2.45) is 0 Å². The van der Waals surface area contributed by atoms with E-state index in [-0.39, 0.29) is 5.54 Å². The topological polar surface area (TPSA) is 41.0 Å². The lowest BCUT2D eigenvalue weighted by Crippen LogP contribution is -2.57. The molecule has 16 heavy (non-hydrogen) atoms. The van der Waals surface area contributed by atoms with Crippen molar-refractivity contribution in [1.82, 2.24) is 15.3 Å². The van der Waals surface area contributed by atoms with Gasteiger partial charge in [-0.3, -0.25) is 0 Å². The van der Waals surface area contributed by atoms with Gasteiger partial charge in [-0.25, -0.2) is 9.97 Å². The molecule has 0 bridgehead atoms. The van der Waals surface area contributed by atoms with Gasteiger partial charge < -0.3 is 10.2 Å². The third kappa shape index (κ3) is 2.50. The van der Waals surface area contributed by atoms with Crippen molar-refractivity contribution in [3.05, 3.63) is 17.6 Å². The Balaban J connectivity index is 2.23. The number of piperazine rings is 1. The lowest BCUT2D eigenvalue weighted by molar-refractivity contribution is 0.351. The lowest BCUT2D eigenvalue weighted by atomic mass is 10.0. The van der Waals surface area contributed by atoms with Crippen molar-refractivity contribution >= 4 is 5.82 Å². The number of hydrogen-bond acceptors (Lipinski definition) is 4. The molecule has 1 aromatic heterocycles. The molecule has 1 aromatic rings. The Labute approximate surface area is 97.1 Å². The highest BCUT2D eigenvalue weighted by atomic mass is 15.3. The third-order valence-corrected chi connectivity index (χ3v) is 2.85. The molecule has 4 nitrogen and oxygen atoms in total. The number of aromatic nitrogens is 2. The van der Waals surface area contributed by atoms with Gasteiger partial charge in [0.2, 0.25) is 0 Å². The van der Waals surface area contributed by atoms with Crippen molar-refractivity contribution in [1.29, 1.82) is 0 Å². The van der Waals surface area contributed by atoms with Crippen LogP contribution in [0.1, 0.15) is 25.4 Å². The van der Waals surface area contributed by atoms with E-state index in [1.165, 1.54) is 0 Å². The van der Waals surface area contributed by atoms with Gasteiger partial charge in [0, 0.05) is 36.9 Å². The van der Waals surface area contributed by atoms with Crippen LogP contribution in [-0.2, 0) is 0 Å². The summed E-state index contributed by atoms with van der Waals surface area (Å²) in [4.78, 5) is 11.2. The molecule has 0 aromatic carbocycles. The number of aryl methyl sites for hydroxylation is 2. The normalized spacial score (nSPS) is 19.9. The molecular formula is C12H20N4. The molecule has 1 N–H and O–H groups in total. The Morgan fingerprint density at radius 1 is 1.31 bits per heavy atom. The minimum absolute atomic E-state index is 0.158. The second-order valence-electron chi connectivity index (χ2n) is 5.15. The third-order valence-electron chi connectivity index (χ3n) is 2.85. The van der Waals surface area contributed by atoms with Crippen LogP contribution in [0.3, 0.4) is 0 Å². The van der Waals surface area contributed by atoms with Crippen molar-refractivity contribution in [2.75, 3.05) is 24.5 Å². The van der Waals surface area contributed by atoms with Gasteiger partial charge in [-0.15, -0.1) is 0 Å². The molecule has 0 radical (unpaired) electrons. The first-order chi connectivity index (χ1) is 7.46. The molecule has 0 saturated carbocycles. The van der Waals surface area contributed by atoms with Crippen LogP contribution in [-0.4, -0.2) is 35.1 Å². The molecule has 1 saturated heterocycles. The minimum Gasteiger partial charge on any atom is -0.353 e. The second kappa shape index (κ2) is 4.01. The summed E-state index contributed by atoms with van der Waals surface area (Å²) in [6, 6.07) is 2.06. The van der Waals surface area contributed by atoms with E-state index in [9.17, 15) is 0 Å². The van der Waals surface area contributed by atoms with E-state index >= 15 is 0 Å². The maximum absolute atomic E-state index is 4.51. The first-order valence-electron chi connectivity index (χ1n) is 5.78. The zero-order valence-electron chi connectivity index (χ0n) is 10.5. The van der Waals surface area contributed by atoms with Gasteiger partial charge in [0.25, 0.3) is 0 Å². The summed E-state index contributed by atoms with van der Waals surface area (Å²) < 4.78 is 0. The Morgan fingerprint density at radius 3 is 2.69 bits per heavy atom. The second-order valence-corrected chi connectivity index (χ2v) is 5.15. The first-order valence-corrected chi connectivity index (χ1v) is 5.78. The van der Waals surface area contributed by atoms with Gasteiger partial charge in [-0.1, -0.05) is 0 Å². The van der Waals surface area contributed by atoms with Crippen LogP contribution >= 0.6 is 0 Å². The molecule has 1 aliphatic heterocycles. The van der Waals surface area contributed by atoms with Crippen LogP contribution in [0.2, 0.25) is 0 Å². The Hall–Kier alpha value is -1.16. The van der Waals surface area contributed by atoms with Gasteiger partial charge in [0.1, 0.15) is 11.6 Å². The van der Waals surface area contributed by atoms with Crippen LogP contribution in [0.25, 0.3) is 0 Å². The summed E-state index contributed by atoms with van der Waals surface area (Å²) in [7, 11) is 0. The highest BCUT2D eigenvalue weighted by Gasteiger charge is 2.26. The number of hydrogen-bond donors (Lipinski definition) is 1. The van der Waals surface area contributed by atoms with Gasteiger partial charge in [0.05, 0.1) is 0 Å². The van der Waals surface area contributed by atoms with E-state index in [1.54, 1.807) is 0 Å². The maximum Gasteiger partial charge on any atom is 0.132 e. The average Bonchev–Trinajstić information content (AvgIpc) is 2.14.